The van der Waals surface area contributed by atoms with Crippen LogP contribution in [0.5, 0.6) is 0 Å². The van der Waals surface area contributed by atoms with Gasteiger partial charge in [0.25, 0.3) is 0 Å². The van der Waals surface area contributed by atoms with Gasteiger partial charge in [0.05, 0.1) is 4.90 Å². The van der Waals surface area contributed by atoms with Gasteiger partial charge >= 0.3 is 0 Å². The van der Waals surface area contributed by atoms with Crippen molar-refractivity contribution in [1.29, 1.82) is 0 Å². The molecule has 2 rings (SSSR count). The predicted molar refractivity (Wildman–Crippen MR) is 75.0 cm³/mol. The summed E-state index contributed by atoms with van der Waals surface area (Å²) in [5, 5.41) is 0. The molecule has 0 saturated carbocycles. The minimum atomic E-state index is -3.40. The third-order valence-corrected chi connectivity index (χ3v) is 5.14. The van der Waals surface area contributed by atoms with Gasteiger partial charge in [-0.25, -0.2) is 13.1 Å². The smallest absolute Gasteiger partial charge is 0.240 e. The highest BCUT2D eigenvalue weighted by atomic mass is 79.9. The van der Waals surface area contributed by atoms with E-state index in [1.165, 1.54) is 0 Å². The zero-order valence-electron chi connectivity index (χ0n) is 10.3. The predicted octanol–water partition coefficient (Wildman–Crippen LogP) is 1.82. The van der Waals surface area contributed by atoms with E-state index in [1.807, 2.05) is 7.05 Å². The van der Waals surface area contributed by atoms with Crippen LogP contribution in [0, 0.1) is 0 Å². The minimum Gasteiger partial charge on any atom is -0.305 e. The van der Waals surface area contributed by atoms with E-state index in [4.69, 9.17) is 0 Å². The summed E-state index contributed by atoms with van der Waals surface area (Å²) in [5.74, 6) is 0. The third-order valence-electron chi connectivity index (χ3n) is 3.07. The standard InChI is InChI=1S/C12H17BrN2O2S/c1-15-8-2-3-11(9-15)14-18(16,17)12-6-4-10(13)5-7-12/h4-7,11,14H,2-3,8-9H2,1H3. The normalized spacial score (nSPS) is 22.0. The number of piperidine rings is 1. The first-order chi connectivity index (χ1) is 8.47. The van der Waals surface area contributed by atoms with Crippen LogP contribution in [-0.2, 0) is 10.0 Å². The van der Waals surface area contributed by atoms with Crippen LogP contribution in [0.3, 0.4) is 0 Å². The van der Waals surface area contributed by atoms with E-state index in [2.05, 4.69) is 25.6 Å². The van der Waals surface area contributed by atoms with Gasteiger partial charge in [-0.2, -0.15) is 0 Å². The molecule has 0 radical (unpaired) electrons. The molecule has 100 valence electrons. The summed E-state index contributed by atoms with van der Waals surface area (Å²) >= 11 is 3.30. The number of nitrogens with zero attached hydrogens (tertiary/aromatic N) is 1. The molecule has 0 amide bonds. The van der Waals surface area contributed by atoms with E-state index in [1.54, 1.807) is 24.3 Å². The molecule has 1 aliphatic heterocycles. The Balaban J connectivity index is 2.09. The Morgan fingerprint density at radius 2 is 2.00 bits per heavy atom. The van der Waals surface area contributed by atoms with E-state index in [9.17, 15) is 8.42 Å². The molecule has 1 heterocycles. The van der Waals surface area contributed by atoms with E-state index < -0.39 is 10.0 Å². The van der Waals surface area contributed by atoms with Gasteiger partial charge in [0.15, 0.2) is 0 Å². The van der Waals surface area contributed by atoms with E-state index in [-0.39, 0.29) is 6.04 Å². The van der Waals surface area contributed by atoms with Crippen LogP contribution in [0.25, 0.3) is 0 Å². The summed E-state index contributed by atoms with van der Waals surface area (Å²) in [6.45, 7) is 1.81. The summed E-state index contributed by atoms with van der Waals surface area (Å²) < 4.78 is 28.0. The summed E-state index contributed by atoms with van der Waals surface area (Å²) in [4.78, 5) is 2.47. The van der Waals surface area contributed by atoms with Crippen LogP contribution in [-0.4, -0.2) is 39.5 Å². The molecule has 0 aliphatic carbocycles. The molecule has 1 saturated heterocycles. The summed E-state index contributed by atoms with van der Waals surface area (Å²) in [6.07, 6.45) is 1.93. The molecule has 1 unspecified atom stereocenters. The van der Waals surface area contributed by atoms with Crippen LogP contribution >= 0.6 is 15.9 Å². The number of halogens is 1. The highest BCUT2D eigenvalue weighted by Gasteiger charge is 2.23. The maximum Gasteiger partial charge on any atom is 0.240 e. The van der Waals surface area contributed by atoms with Crippen LogP contribution in [0.4, 0.5) is 0 Å². The number of hydrogen-bond acceptors (Lipinski definition) is 3. The number of likely N-dealkylation sites (tertiary alicyclic amines) is 1. The molecule has 0 bridgehead atoms. The van der Waals surface area contributed by atoms with Crippen molar-refractivity contribution in [2.24, 2.45) is 0 Å². The number of sulfonamides is 1. The number of rotatable bonds is 3. The summed E-state index contributed by atoms with van der Waals surface area (Å²) in [7, 11) is -1.38. The average molecular weight is 333 g/mol. The Hall–Kier alpha value is -0.430. The molecule has 1 atom stereocenters. The van der Waals surface area contributed by atoms with Gasteiger partial charge in [0.2, 0.25) is 10.0 Å². The third kappa shape index (κ3) is 3.54. The van der Waals surface area contributed by atoms with Crippen LogP contribution in [0.15, 0.2) is 33.6 Å². The molecule has 6 heteroatoms. The van der Waals surface area contributed by atoms with Crippen molar-refractivity contribution in [3.05, 3.63) is 28.7 Å². The number of likely N-dealkylation sites (N-methyl/N-ethyl adjacent to an activating group) is 1. The van der Waals surface area contributed by atoms with Gasteiger partial charge in [-0.05, 0) is 50.7 Å². The second-order valence-corrected chi connectivity index (χ2v) is 7.31. The topological polar surface area (TPSA) is 49.4 Å². The highest BCUT2D eigenvalue weighted by Crippen LogP contribution is 2.16. The zero-order valence-corrected chi connectivity index (χ0v) is 12.7. The average Bonchev–Trinajstić information content (AvgIpc) is 2.29. The fourth-order valence-corrected chi connectivity index (χ4v) is 3.69. The van der Waals surface area contributed by atoms with Crippen molar-refractivity contribution in [3.63, 3.8) is 0 Å². The van der Waals surface area contributed by atoms with Gasteiger partial charge in [-0.3, -0.25) is 0 Å². The number of benzene rings is 1. The molecule has 4 nitrogen and oxygen atoms in total. The van der Waals surface area contributed by atoms with Gasteiger partial charge in [0.1, 0.15) is 0 Å². The quantitative estimate of drug-likeness (QED) is 0.918. The fourth-order valence-electron chi connectivity index (χ4n) is 2.16. The fraction of sp³-hybridized carbons (Fsp3) is 0.500. The van der Waals surface area contributed by atoms with Crippen LogP contribution in [0.1, 0.15) is 12.8 Å². The number of nitrogens with one attached hydrogen (secondary N) is 1. The summed E-state index contributed by atoms with van der Waals surface area (Å²) in [5.41, 5.74) is 0. The van der Waals surface area contributed by atoms with E-state index >= 15 is 0 Å². The molecule has 1 N–H and O–H groups in total. The molecule has 1 fully saturated rings. The van der Waals surface area contributed by atoms with Gasteiger partial charge < -0.3 is 4.90 Å². The van der Waals surface area contributed by atoms with Crippen molar-refractivity contribution < 1.29 is 8.42 Å². The first kappa shape index (κ1) is 14.0. The van der Waals surface area contributed by atoms with Gasteiger partial charge in [-0.15, -0.1) is 0 Å². The van der Waals surface area contributed by atoms with E-state index in [0.717, 1.165) is 30.4 Å². The molecule has 1 aromatic carbocycles. The molecule has 0 aromatic heterocycles. The summed E-state index contributed by atoms with van der Waals surface area (Å²) in [6, 6.07) is 6.71. The monoisotopic (exact) mass is 332 g/mol. The molecular formula is C12H17BrN2O2S. The maximum atomic E-state index is 12.2. The highest BCUT2D eigenvalue weighted by molar-refractivity contribution is 9.10. The first-order valence-corrected chi connectivity index (χ1v) is 8.21. The Labute approximate surface area is 117 Å². The lowest BCUT2D eigenvalue weighted by atomic mass is 10.1. The second kappa shape index (κ2) is 5.69. The molecule has 1 aliphatic rings. The van der Waals surface area contributed by atoms with Crippen molar-refractivity contribution in [3.8, 4) is 0 Å². The SMILES string of the molecule is CN1CCCC(NS(=O)(=O)c2ccc(Br)cc2)C1. The van der Waals surface area contributed by atoms with E-state index in [0.29, 0.717) is 4.90 Å². The first-order valence-electron chi connectivity index (χ1n) is 5.94. The molecule has 18 heavy (non-hydrogen) atoms. The maximum absolute atomic E-state index is 12.2. The van der Waals surface area contributed by atoms with Crippen molar-refractivity contribution in [2.75, 3.05) is 20.1 Å². The van der Waals surface area contributed by atoms with Gasteiger partial charge in [-0.1, -0.05) is 15.9 Å². The Morgan fingerprint density at radius 3 is 2.61 bits per heavy atom. The lowest BCUT2D eigenvalue weighted by Gasteiger charge is -2.29. The van der Waals surface area contributed by atoms with Crippen LogP contribution in [0.2, 0.25) is 0 Å². The lowest BCUT2D eigenvalue weighted by Crippen LogP contribution is -2.46. The second-order valence-electron chi connectivity index (χ2n) is 4.68. The Kier molecular flexibility index (Phi) is 4.42. The number of hydrogen-bond donors (Lipinski definition) is 1. The molecular weight excluding hydrogens is 316 g/mol. The van der Waals surface area contributed by atoms with Gasteiger partial charge in [0, 0.05) is 17.1 Å². The lowest BCUT2D eigenvalue weighted by molar-refractivity contribution is 0.242. The molecule has 1 aromatic rings. The van der Waals surface area contributed by atoms with Crippen molar-refractivity contribution in [1.82, 2.24) is 9.62 Å². The zero-order chi connectivity index (χ0) is 13.2. The minimum absolute atomic E-state index is 0.0115. The van der Waals surface area contributed by atoms with Crippen molar-refractivity contribution in [2.45, 2.75) is 23.8 Å². The van der Waals surface area contributed by atoms with Crippen molar-refractivity contribution >= 4 is 26.0 Å². The molecule has 0 spiro atoms. The largest absolute Gasteiger partial charge is 0.305 e. The van der Waals surface area contributed by atoms with Crippen LogP contribution < -0.4 is 4.72 Å². The Morgan fingerprint density at radius 1 is 1.33 bits per heavy atom. The Bertz CT molecular complexity index is 501.